The molecule has 7 nitrogen and oxygen atoms in total. The molecule has 36 heavy (non-hydrogen) atoms. The molecule has 0 radical (unpaired) electrons. The summed E-state index contributed by atoms with van der Waals surface area (Å²) in [6.45, 7) is 9.02. The maximum absolute atomic E-state index is 13.6. The lowest BCUT2D eigenvalue weighted by Crippen LogP contribution is -2.36. The molecular formula is C27H33FN4O3S. The Kier molecular flexibility index (Phi) is 7.43. The van der Waals surface area contributed by atoms with E-state index in [1.54, 1.807) is 12.3 Å². The van der Waals surface area contributed by atoms with Gasteiger partial charge in [-0.3, -0.25) is 4.79 Å². The first-order valence-corrected chi connectivity index (χ1v) is 13.0. The number of aryl methyl sites for hydroxylation is 1. The lowest BCUT2D eigenvalue weighted by atomic mass is 9.79. The normalized spacial score (nSPS) is 21.1. The molecule has 4 rings (SSSR count). The number of rotatable bonds is 6. The fraction of sp³-hybridized carbons (Fsp3) is 0.481. The van der Waals surface area contributed by atoms with Crippen LogP contribution >= 0.6 is 11.3 Å². The maximum Gasteiger partial charge on any atom is 0.309 e. The van der Waals surface area contributed by atoms with Gasteiger partial charge in [-0.05, 0) is 89.6 Å². The molecule has 1 aliphatic rings. The zero-order valence-electron chi connectivity index (χ0n) is 21.3. The summed E-state index contributed by atoms with van der Waals surface area (Å²) in [6.07, 6.45) is 4.19. The molecule has 1 fully saturated rings. The van der Waals surface area contributed by atoms with E-state index in [1.807, 2.05) is 45.9 Å². The number of hydrogen-bond acceptors (Lipinski definition) is 8. The van der Waals surface area contributed by atoms with Gasteiger partial charge >= 0.3 is 5.97 Å². The summed E-state index contributed by atoms with van der Waals surface area (Å²) >= 11 is 1.46. The number of thiazole rings is 1. The van der Waals surface area contributed by atoms with Crippen LogP contribution in [0, 0.1) is 12.8 Å². The van der Waals surface area contributed by atoms with Crippen molar-refractivity contribution in [3.63, 3.8) is 0 Å². The monoisotopic (exact) mass is 512 g/mol. The average Bonchev–Trinajstić information content (AvgIpc) is 3.30. The van der Waals surface area contributed by atoms with Gasteiger partial charge < -0.3 is 15.2 Å². The molecule has 1 saturated carbocycles. The van der Waals surface area contributed by atoms with Gasteiger partial charge in [0.1, 0.15) is 22.4 Å². The summed E-state index contributed by atoms with van der Waals surface area (Å²) in [5.41, 5.74) is 1.50. The van der Waals surface area contributed by atoms with Gasteiger partial charge in [-0.25, -0.2) is 19.3 Å². The summed E-state index contributed by atoms with van der Waals surface area (Å²) in [7, 11) is 0. The minimum Gasteiger partial charge on any atom is -0.460 e. The summed E-state index contributed by atoms with van der Waals surface area (Å²) in [5, 5.41) is 15.2. The highest BCUT2D eigenvalue weighted by molar-refractivity contribution is 7.15. The Morgan fingerprint density at radius 1 is 1.25 bits per heavy atom. The smallest absolute Gasteiger partial charge is 0.309 e. The molecule has 0 spiro atoms. The van der Waals surface area contributed by atoms with E-state index < -0.39 is 17.4 Å². The first-order chi connectivity index (χ1) is 16.9. The molecule has 1 atom stereocenters. The molecular weight excluding hydrogens is 479 g/mol. The third-order valence-corrected chi connectivity index (χ3v) is 7.40. The number of esters is 1. The van der Waals surface area contributed by atoms with Gasteiger partial charge in [0.15, 0.2) is 0 Å². The van der Waals surface area contributed by atoms with Gasteiger partial charge in [0, 0.05) is 18.1 Å². The molecule has 1 aromatic carbocycles. The molecule has 0 amide bonds. The van der Waals surface area contributed by atoms with Crippen LogP contribution in [0.1, 0.15) is 75.8 Å². The number of aliphatic hydroxyl groups is 1. The van der Waals surface area contributed by atoms with Gasteiger partial charge in [0.05, 0.1) is 16.5 Å². The van der Waals surface area contributed by atoms with E-state index in [4.69, 9.17) is 4.74 Å². The number of carbonyl (C=O) groups excluding carboxylic acids is 1. The van der Waals surface area contributed by atoms with Gasteiger partial charge in [-0.1, -0.05) is 6.07 Å². The third kappa shape index (κ3) is 6.25. The molecule has 0 bridgehead atoms. The SMILES string of the molecule is Cc1cc(Nc2nccc(C(C)F)n2)cc(-c2cnc([C@]3(O)CC[C@@H](C(=O)OC(C)(C)C)CC3)s2)c1. The van der Waals surface area contributed by atoms with E-state index in [2.05, 4.69) is 20.3 Å². The Bertz CT molecular complexity index is 1230. The molecule has 192 valence electrons. The molecule has 9 heteroatoms. The van der Waals surface area contributed by atoms with Crippen LogP contribution in [0.15, 0.2) is 36.7 Å². The second-order valence-electron chi connectivity index (χ2n) is 10.5. The topological polar surface area (TPSA) is 97.2 Å². The van der Waals surface area contributed by atoms with Crippen molar-refractivity contribution in [2.75, 3.05) is 5.32 Å². The van der Waals surface area contributed by atoms with Crippen LogP contribution in [0.5, 0.6) is 0 Å². The second-order valence-corrected chi connectivity index (χ2v) is 11.5. The molecule has 0 aliphatic heterocycles. The summed E-state index contributed by atoms with van der Waals surface area (Å²) in [5.74, 6) is -0.0651. The van der Waals surface area contributed by atoms with Crippen LogP contribution in [0.2, 0.25) is 0 Å². The largest absolute Gasteiger partial charge is 0.460 e. The van der Waals surface area contributed by atoms with E-state index in [9.17, 15) is 14.3 Å². The predicted octanol–water partition coefficient (Wildman–Crippen LogP) is 6.40. The number of halogens is 1. The quantitative estimate of drug-likeness (QED) is 0.369. The highest BCUT2D eigenvalue weighted by Crippen LogP contribution is 2.43. The van der Waals surface area contributed by atoms with Gasteiger partial charge in [0.25, 0.3) is 0 Å². The molecule has 2 aromatic heterocycles. The van der Waals surface area contributed by atoms with E-state index in [0.29, 0.717) is 42.3 Å². The highest BCUT2D eigenvalue weighted by Gasteiger charge is 2.40. The van der Waals surface area contributed by atoms with E-state index in [-0.39, 0.29) is 11.9 Å². The Balaban J connectivity index is 1.48. The number of benzene rings is 1. The first kappa shape index (κ1) is 26.2. The van der Waals surface area contributed by atoms with Crippen molar-refractivity contribution in [2.24, 2.45) is 5.92 Å². The van der Waals surface area contributed by atoms with Crippen LogP contribution in [-0.4, -0.2) is 31.6 Å². The average molecular weight is 513 g/mol. The fourth-order valence-electron chi connectivity index (χ4n) is 4.33. The zero-order chi connectivity index (χ0) is 26.1. The number of alkyl halides is 1. The first-order valence-electron chi connectivity index (χ1n) is 12.2. The van der Waals surface area contributed by atoms with Crippen LogP contribution in [0.25, 0.3) is 10.4 Å². The number of nitrogens with one attached hydrogen (secondary N) is 1. The molecule has 1 unspecified atom stereocenters. The van der Waals surface area contributed by atoms with Crippen LogP contribution in [0.4, 0.5) is 16.0 Å². The van der Waals surface area contributed by atoms with Crippen molar-refractivity contribution in [1.29, 1.82) is 0 Å². The van der Waals surface area contributed by atoms with Crippen molar-refractivity contribution >= 4 is 28.9 Å². The number of carbonyl (C=O) groups is 1. The van der Waals surface area contributed by atoms with Crippen molar-refractivity contribution in [3.8, 4) is 10.4 Å². The summed E-state index contributed by atoms with van der Waals surface area (Å²) in [6, 6.07) is 7.53. The zero-order valence-corrected chi connectivity index (χ0v) is 22.2. The minimum absolute atomic E-state index is 0.195. The number of nitrogens with zero attached hydrogens (tertiary/aromatic N) is 3. The number of ether oxygens (including phenoxy) is 1. The van der Waals surface area contributed by atoms with Crippen molar-refractivity contribution < 1.29 is 19.0 Å². The lowest BCUT2D eigenvalue weighted by Gasteiger charge is -2.34. The van der Waals surface area contributed by atoms with Crippen molar-refractivity contribution in [2.45, 2.75) is 77.7 Å². The van der Waals surface area contributed by atoms with E-state index in [0.717, 1.165) is 21.7 Å². The Morgan fingerprint density at radius 2 is 1.97 bits per heavy atom. The van der Waals surface area contributed by atoms with Gasteiger partial charge in [-0.15, -0.1) is 11.3 Å². The maximum atomic E-state index is 13.6. The Morgan fingerprint density at radius 3 is 2.64 bits per heavy atom. The summed E-state index contributed by atoms with van der Waals surface area (Å²) in [4.78, 5) is 26.4. The molecule has 2 N–H and O–H groups in total. The van der Waals surface area contributed by atoms with Gasteiger partial charge in [0.2, 0.25) is 5.95 Å². The van der Waals surface area contributed by atoms with Crippen LogP contribution < -0.4 is 5.32 Å². The Hall–Kier alpha value is -2.91. The lowest BCUT2D eigenvalue weighted by molar-refractivity contribution is -0.163. The standard InChI is InChI=1S/C27H33FN4O3S/c1-16-12-19(14-20(13-16)31-25-29-11-8-21(32-25)17(2)28)22-15-30-24(36-22)27(34)9-6-18(7-10-27)23(33)35-26(3,4)5/h8,11-15,17-18,34H,6-7,9-10H2,1-5H3,(H,29,31,32)/t17?,18-,27+. The van der Waals surface area contributed by atoms with Crippen LogP contribution in [-0.2, 0) is 15.1 Å². The third-order valence-electron chi connectivity index (χ3n) is 6.16. The Labute approximate surface area is 215 Å². The van der Waals surface area contributed by atoms with E-state index >= 15 is 0 Å². The second kappa shape index (κ2) is 10.2. The molecule has 2 heterocycles. The number of anilines is 2. The molecule has 1 aliphatic carbocycles. The van der Waals surface area contributed by atoms with Crippen molar-refractivity contribution in [3.05, 3.63) is 52.9 Å². The van der Waals surface area contributed by atoms with Crippen LogP contribution in [0.3, 0.4) is 0 Å². The molecule has 3 aromatic rings. The number of hydrogen-bond donors (Lipinski definition) is 2. The highest BCUT2D eigenvalue weighted by atomic mass is 32.1. The van der Waals surface area contributed by atoms with Crippen molar-refractivity contribution in [1.82, 2.24) is 15.0 Å². The van der Waals surface area contributed by atoms with Gasteiger partial charge in [-0.2, -0.15) is 0 Å². The summed E-state index contributed by atoms with van der Waals surface area (Å²) < 4.78 is 19.2. The fourth-order valence-corrected chi connectivity index (χ4v) is 5.38. The molecule has 0 saturated heterocycles. The van der Waals surface area contributed by atoms with E-state index in [1.165, 1.54) is 24.5 Å². The number of aromatic nitrogens is 3. The predicted molar refractivity (Wildman–Crippen MR) is 139 cm³/mol. The minimum atomic E-state index is -1.18.